The summed E-state index contributed by atoms with van der Waals surface area (Å²) >= 11 is 0. The fraction of sp³-hybridized carbons (Fsp3) is 0.625. The fourth-order valence-corrected chi connectivity index (χ4v) is 1.87. The van der Waals surface area contributed by atoms with Crippen molar-refractivity contribution in [2.45, 2.75) is 26.3 Å². The van der Waals surface area contributed by atoms with Crippen LogP contribution in [0.25, 0.3) is 0 Å². The number of carbonyl (C=O) groups is 1. The molecule has 0 fully saturated rings. The zero-order valence-electron chi connectivity index (χ0n) is 14.0. The third-order valence-electron chi connectivity index (χ3n) is 3.64. The maximum absolute atomic E-state index is 12.2. The molecule has 0 bridgehead atoms. The van der Waals surface area contributed by atoms with Crippen LogP contribution in [-0.2, 0) is 4.74 Å². The first-order chi connectivity index (χ1) is 10.6. The number of nitrogens with zero attached hydrogens (tertiary/aromatic N) is 2. The predicted octanol–water partition coefficient (Wildman–Crippen LogP) is 1.57. The minimum atomic E-state index is -0.168. The number of rotatable bonds is 10. The summed E-state index contributed by atoms with van der Waals surface area (Å²) in [5.41, 5.74) is 0.449. The van der Waals surface area contributed by atoms with Gasteiger partial charge in [0.25, 0.3) is 5.91 Å². The highest BCUT2D eigenvalue weighted by molar-refractivity contribution is 5.96. The number of carbonyl (C=O) groups excluding carboxylic acids is 1. The predicted molar refractivity (Wildman–Crippen MR) is 86.3 cm³/mol. The van der Waals surface area contributed by atoms with Crippen molar-refractivity contribution in [3.63, 3.8) is 0 Å². The third kappa shape index (κ3) is 5.99. The van der Waals surface area contributed by atoms with Gasteiger partial charge in [-0.25, -0.2) is 4.98 Å². The molecule has 6 nitrogen and oxygen atoms in total. The molecule has 1 atom stereocenters. The van der Waals surface area contributed by atoms with E-state index in [9.17, 15) is 4.79 Å². The largest absolute Gasteiger partial charge is 0.475 e. The number of amides is 1. The summed E-state index contributed by atoms with van der Waals surface area (Å²) in [5, 5.41) is 2.91. The Morgan fingerprint density at radius 2 is 2.23 bits per heavy atom. The van der Waals surface area contributed by atoms with E-state index >= 15 is 0 Å². The lowest BCUT2D eigenvalue weighted by molar-refractivity contribution is 0.0938. The Labute approximate surface area is 132 Å². The van der Waals surface area contributed by atoms with E-state index in [2.05, 4.69) is 36.1 Å². The second-order valence-electron chi connectivity index (χ2n) is 5.19. The monoisotopic (exact) mass is 309 g/mol. The third-order valence-corrected chi connectivity index (χ3v) is 3.64. The van der Waals surface area contributed by atoms with Crippen LogP contribution in [0.1, 0.15) is 30.6 Å². The van der Waals surface area contributed by atoms with Crippen LogP contribution in [-0.4, -0.2) is 62.3 Å². The van der Waals surface area contributed by atoms with Gasteiger partial charge in [0.1, 0.15) is 12.2 Å². The van der Waals surface area contributed by atoms with Gasteiger partial charge in [0.2, 0.25) is 5.88 Å². The highest BCUT2D eigenvalue weighted by Gasteiger charge is 2.14. The molecular weight excluding hydrogens is 282 g/mol. The van der Waals surface area contributed by atoms with Gasteiger partial charge in [-0.3, -0.25) is 4.79 Å². The van der Waals surface area contributed by atoms with E-state index in [1.54, 1.807) is 25.4 Å². The van der Waals surface area contributed by atoms with Crippen molar-refractivity contribution in [2.75, 3.05) is 40.5 Å². The fourth-order valence-electron chi connectivity index (χ4n) is 1.87. The molecule has 0 unspecified atom stereocenters. The number of likely N-dealkylation sites (N-methyl/N-ethyl adjacent to an activating group) is 1. The standard InChI is InChI=1S/C16H27N3O3/c1-5-13(2)19(3)10-9-17-15(20)14-7-6-8-18-16(14)22-12-11-21-4/h6-8,13H,5,9-12H2,1-4H3,(H,17,20)/t13-/m0/s1. The van der Waals surface area contributed by atoms with Crippen molar-refractivity contribution in [3.8, 4) is 5.88 Å². The zero-order valence-corrected chi connectivity index (χ0v) is 14.0. The lowest BCUT2D eigenvalue weighted by Crippen LogP contribution is -2.37. The number of aromatic nitrogens is 1. The van der Waals surface area contributed by atoms with Gasteiger partial charge in [-0.1, -0.05) is 6.92 Å². The van der Waals surface area contributed by atoms with Crippen LogP contribution in [0.4, 0.5) is 0 Å². The second kappa shape index (κ2) is 10.1. The Bertz CT molecular complexity index is 454. The number of methoxy groups -OCH3 is 1. The molecule has 1 rings (SSSR count). The van der Waals surface area contributed by atoms with Crippen molar-refractivity contribution >= 4 is 5.91 Å². The van der Waals surface area contributed by atoms with Crippen molar-refractivity contribution in [1.82, 2.24) is 15.2 Å². The summed E-state index contributed by atoms with van der Waals surface area (Å²) in [7, 11) is 3.66. The molecular formula is C16H27N3O3. The molecule has 1 aromatic heterocycles. The number of hydrogen-bond acceptors (Lipinski definition) is 5. The molecule has 22 heavy (non-hydrogen) atoms. The van der Waals surface area contributed by atoms with Crippen LogP contribution >= 0.6 is 0 Å². The van der Waals surface area contributed by atoms with Gasteiger partial charge in [-0.2, -0.15) is 0 Å². The molecule has 1 heterocycles. The van der Waals surface area contributed by atoms with E-state index in [0.717, 1.165) is 13.0 Å². The van der Waals surface area contributed by atoms with Crippen LogP contribution in [0.15, 0.2) is 18.3 Å². The Balaban J connectivity index is 2.51. The summed E-state index contributed by atoms with van der Waals surface area (Å²) in [6.07, 6.45) is 2.69. The summed E-state index contributed by atoms with van der Waals surface area (Å²) in [5.74, 6) is 0.172. The topological polar surface area (TPSA) is 63.7 Å². The molecule has 1 amide bonds. The molecule has 124 valence electrons. The van der Waals surface area contributed by atoms with Crippen molar-refractivity contribution in [2.24, 2.45) is 0 Å². The van der Waals surface area contributed by atoms with Gasteiger partial charge in [0, 0.05) is 32.4 Å². The second-order valence-corrected chi connectivity index (χ2v) is 5.19. The van der Waals surface area contributed by atoms with E-state index in [-0.39, 0.29) is 5.91 Å². The summed E-state index contributed by atoms with van der Waals surface area (Å²) in [6.45, 7) is 6.54. The van der Waals surface area contributed by atoms with E-state index < -0.39 is 0 Å². The molecule has 0 aliphatic carbocycles. The Hall–Kier alpha value is -1.66. The van der Waals surface area contributed by atoms with Gasteiger partial charge in [0.05, 0.1) is 6.61 Å². The van der Waals surface area contributed by atoms with Gasteiger partial charge in [-0.05, 0) is 32.5 Å². The van der Waals surface area contributed by atoms with Crippen LogP contribution in [0.5, 0.6) is 5.88 Å². The first-order valence-electron chi connectivity index (χ1n) is 7.65. The van der Waals surface area contributed by atoms with E-state index in [0.29, 0.717) is 37.2 Å². The van der Waals surface area contributed by atoms with Crippen LogP contribution in [0, 0.1) is 0 Å². The minimum Gasteiger partial charge on any atom is -0.475 e. The van der Waals surface area contributed by atoms with Gasteiger partial charge in [-0.15, -0.1) is 0 Å². The average Bonchev–Trinajstić information content (AvgIpc) is 2.54. The molecule has 1 aromatic rings. The van der Waals surface area contributed by atoms with E-state index in [1.807, 2.05) is 0 Å². The van der Waals surface area contributed by atoms with Crippen molar-refractivity contribution in [1.29, 1.82) is 0 Å². The first-order valence-corrected chi connectivity index (χ1v) is 7.65. The maximum Gasteiger partial charge on any atom is 0.256 e. The molecule has 0 aromatic carbocycles. The highest BCUT2D eigenvalue weighted by Crippen LogP contribution is 2.13. The van der Waals surface area contributed by atoms with Gasteiger partial charge >= 0.3 is 0 Å². The lowest BCUT2D eigenvalue weighted by atomic mass is 10.2. The van der Waals surface area contributed by atoms with Crippen LogP contribution < -0.4 is 10.1 Å². The highest BCUT2D eigenvalue weighted by atomic mass is 16.5. The van der Waals surface area contributed by atoms with Crippen molar-refractivity contribution < 1.29 is 14.3 Å². The number of pyridine rings is 1. The maximum atomic E-state index is 12.2. The lowest BCUT2D eigenvalue weighted by Gasteiger charge is -2.23. The quantitative estimate of drug-likeness (QED) is 0.665. The molecule has 0 saturated carbocycles. The number of ether oxygens (including phenoxy) is 2. The Morgan fingerprint density at radius 1 is 1.45 bits per heavy atom. The molecule has 0 radical (unpaired) electrons. The van der Waals surface area contributed by atoms with Gasteiger partial charge in [0.15, 0.2) is 0 Å². The molecule has 0 aliphatic heterocycles. The Kier molecular flexibility index (Phi) is 8.47. The number of hydrogen-bond donors (Lipinski definition) is 1. The Morgan fingerprint density at radius 3 is 2.91 bits per heavy atom. The van der Waals surface area contributed by atoms with Crippen LogP contribution in [0.2, 0.25) is 0 Å². The number of nitrogens with one attached hydrogen (secondary N) is 1. The van der Waals surface area contributed by atoms with Crippen molar-refractivity contribution in [3.05, 3.63) is 23.9 Å². The van der Waals surface area contributed by atoms with E-state index in [1.165, 1.54) is 0 Å². The average molecular weight is 309 g/mol. The van der Waals surface area contributed by atoms with Crippen LogP contribution in [0.3, 0.4) is 0 Å². The summed E-state index contributed by atoms with van der Waals surface area (Å²) in [4.78, 5) is 18.6. The smallest absolute Gasteiger partial charge is 0.256 e. The normalized spacial score (nSPS) is 12.2. The molecule has 0 spiro atoms. The summed E-state index contributed by atoms with van der Waals surface area (Å²) < 4.78 is 10.4. The molecule has 1 N–H and O–H groups in total. The van der Waals surface area contributed by atoms with Gasteiger partial charge < -0.3 is 19.7 Å². The minimum absolute atomic E-state index is 0.168. The SMILES string of the molecule is CC[C@H](C)N(C)CCNC(=O)c1cccnc1OCCOC. The summed E-state index contributed by atoms with van der Waals surface area (Å²) in [6, 6.07) is 3.94. The van der Waals surface area contributed by atoms with E-state index in [4.69, 9.17) is 9.47 Å². The molecule has 0 aliphatic rings. The zero-order chi connectivity index (χ0) is 16.4. The molecule has 6 heteroatoms. The first kappa shape index (κ1) is 18.4. The molecule has 0 saturated heterocycles.